The van der Waals surface area contributed by atoms with E-state index >= 15 is 0 Å². The van der Waals surface area contributed by atoms with Gasteiger partial charge < -0.3 is 20.3 Å². The van der Waals surface area contributed by atoms with E-state index in [-0.39, 0.29) is 34.7 Å². The first kappa shape index (κ1) is 24.2. The van der Waals surface area contributed by atoms with Crippen molar-refractivity contribution in [2.75, 3.05) is 18.4 Å². The molecule has 11 heteroatoms. The van der Waals surface area contributed by atoms with Crippen LogP contribution in [0.3, 0.4) is 0 Å². The zero-order valence-electron chi connectivity index (χ0n) is 18.9. The number of H-pyrrole nitrogens is 1. The molecule has 1 saturated heterocycles. The van der Waals surface area contributed by atoms with Gasteiger partial charge in [0.2, 0.25) is 0 Å². The first-order chi connectivity index (χ1) is 16.4. The maximum absolute atomic E-state index is 13.8. The third kappa shape index (κ3) is 4.98. The van der Waals surface area contributed by atoms with Gasteiger partial charge in [0.1, 0.15) is 5.82 Å². The van der Waals surface area contributed by atoms with E-state index in [0.29, 0.717) is 24.2 Å². The van der Waals surface area contributed by atoms with E-state index in [9.17, 15) is 27.6 Å². The summed E-state index contributed by atoms with van der Waals surface area (Å²) >= 11 is 0. The molecule has 2 heterocycles. The van der Waals surface area contributed by atoms with E-state index in [1.165, 1.54) is 30.0 Å². The summed E-state index contributed by atoms with van der Waals surface area (Å²) in [5.74, 6) is -1.61. The van der Waals surface area contributed by atoms with Crippen LogP contribution in [-0.4, -0.2) is 44.9 Å². The second kappa shape index (κ2) is 9.05. The molecule has 1 aromatic heterocycles. The number of nitrogens with one attached hydrogen (secondary N) is 2. The van der Waals surface area contributed by atoms with Crippen molar-refractivity contribution in [3.8, 4) is 0 Å². The number of aryl methyl sites for hydroxylation is 1. The van der Waals surface area contributed by atoms with E-state index in [2.05, 4.69) is 15.3 Å². The van der Waals surface area contributed by atoms with Crippen LogP contribution in [0.5, 0.6) is 0 Å². The maximum atomic E-state index is 13.8. The second-order valence-electron chi connectivity index (χ2n) is 8.62. The van der Waals surface area contributed by atoms with Gasteiger partial charge in [-0.15, -0.1) is 0 Å². The minimum Gasteiger partial charge on any atom is -0.481 e. The van der Waals surface area contributed by atoms with E-state index in [0.717, 1.165) is 6.07 Å². The number of aromatic amines is 1. The van der Waals surface area contributed by atoms with Crippen molar-refractivity contribution in [3.05, 3.63) is 69.3 Å². The highest BCUT2D eigenvalue weighted by atomic mass is 19.4. The van der Waals surface area contributed by atoms with Gasteiger partial charge in [-0.05, 0) is 62.2 Å². The van der Waals surface area contributed by atoms with Crippen molar-refractivity contribution in [3.63, 3.8) is 0 Å². The molecule has 3 N–H and O–H groups in total. The Morgan fingerprint density at radius 3 is 2.51 bits per heavy atom. The van der Waals surface area contributed by atoms with Gasteiger partial charge in [0.15, 0.2) is 0 Å². The number of anilines is 1. The predicted octanol–water partition coefficient (Wildman–Crippen LogP) is 3.97. The summed E-state index contributed by atoms with van der Waals surface area (Å²) in [6.07, 6.45) is -4.26. The summed E-state index contributed by atoms with van der Waals surface area (Å²) in [5, 5.41) is 12.2. The van der Waals surface area contributed by atoms with Crippen LogP contribution in [-0.2, 0) is 11.0 Å². The molecule has 1 aliphatic rings. The number of nitrogens with zero attached hydrogens (tertiary/aromatic N) is 2. The molecule has 0 bridgehead atoms. The lowest BCUT2D eigenvalue weighted by Crippen LogP contribution is -2.29. The van der Waals surface area contributed by atoms with E-state index < -0.39 is 35.2 Å². The van der Waals surface area contributed by atoms with E-state index in [4.69, 9.17) is 5.11 Å². The summed E-state index contributed by atoms with van der Waals surface area (Å²) in [6, 6.07) is 7.47. The van der Waals surface area contributed by atoms with Crippen LogP contribution in [0.4, 0.5) is 18.9 Å². The molecule has 2 aromatic carbocycles. The highest BCUT2D eigenvalue weighted by Gasteiger charge is 2.35. The Kier molecular flexibility index (Phi) is 6.27. The van der Waals surface area contributed by atoms with Crippen LogP contribution < -0.4 is 10.9 Å². The summed E-state index contributed by atoms with van der Waals surface area (Å²) in [6.45, 7) is 3.53. The number of carboxylic acids is 1. The Bertz CT molecular complexity index is 1350. The van der Waals surface area contributed by atoms with Crippen LogP contribution in [0, 0.1) is 12.8 Å². The topological polar surface area (TPSA) is 115 Å². The molecule has 1 aliphatic heterocycles. The van der Waals surface area contributed by atoms with Crippen LogP contribution in [0.15, 0.2) is 41.2 Å². The van der Waals surface area contributed by atoms with Gasteiger partial charge in [-0.3, -0.25) is 14.4 Å². The quantitative estimate of drug-likeness (QED) is 0.501. The van der Waals surface area contributed by atoms with Gasteiger partial charge in [0.05, 0.1) is 22.4 Å². The van der Waals surface area contributed by atoms with Crippen molar-refractivity contribution < 1.29 is 27.9 Å². The zero-order chi connectivity index (χ0) is 25.5. The van der Waals surface area contributed by atoms with Crippen molar-refractivity contribution >= 4 is 28.5 Å². The molecule has 1 amide bonds. The van der Waals surface area contributed by atoms with Crippen molar-refractivity contribution in [2.24, 2.45) is 5.92 Å². The SMILES string of the molecule is Cc1nc2cc(C(F)(F)F)c([C@H](C)Nc3ccc(C(=O)N4CC[C@H](C(=O)O)C4)cc3)cc2c(=O)[nH]1. The highest BCUT2D eigenvalue weighted by Crippen LogP contribution is 2.37. The van der Waals surface area contributed by atoms with Gasteiger partial charge in [-0.2, -0.15) is 13.2 Å². The Hall–Kier alpha value is -3.89. The Labute approximate surface area is 197 Å². The van der Waals surface area contributed by atoms with Crippen LogP contribution >= 0.6 is 0 Å². The molecule has 3 aromatic rings. The molecule has 0 aliphatic carbocycles. The number of halogens is 3. The number of likely N-dealkylation sites (tertiary alicyclic amines) is 1. The average Bonchev–Trinajstić information content (AvgIpc) is 3.28. The monoisotopic (exact) mass is 488 g/mol. The molecule has 8 nitrogen and oxygen atoms in total. The van der Waals surface area contributed by atoms with Gasteiger partial charge in [-0.1, -0.05) is 0 Å². The molecule has 2 atom stereocenters. The number of alkyl halides is 3. The summed E-state index contributed by atoms with van der Waals surface area (Å²) in [5.41, 5.74) is -0.740. The number of amides is 1. The lowest BCUT2D eigenvalue weighted by molar-refractivity contribution is -0.141. The number of benzene rings is 2. The van der Waals surface area contributed by atoms with Gasteiger partial charge in [0.25, 0.3) is 11.5 Å². The smallest absolute Gasteiger partial charge is 0.416 e. The molecule has 184 valence electrons. The normalized spacial score (nSPS) is 16.9. The third-order valence-electron chi connectivity index (χ3n) is 6.11. The maximum Gasteiger partial charge on any atom is 0.416 e. The number of carbonyl (C=O) groups is 2. The van der Waals surface area contributed by atoms with Gasteiger partial charge in [-0.25, -0.2) is 4.98 Å². The first-order valence-corrected chi connectivity index (χ1v) is 10.9. The number of hydrogen-bond donors (Lipinski definition) is 3. The lowest BCUT2D eigenvalue weighted by Gasteiger charge is -2.21. The predicted molar refractivity (Wildman–Crippen MR) is 122 cm³/mol. The molecule has 1 fully saturated rings. The van der Waals surface area contributed by atoms with E-state index in [1.54, 1.807) is 19.1 Å². The van der Waals surface area contributed by atoms with Crippen LogP contribution in [0.1, 0.15) is 46.7 Å². The summed E-state index contributed by atoms with van der Waals surface area (Å²) in [4.78, 5) is 44.1. The summed E-state index contributed by atoms with van der Waals surface area (Å²) < 4.78 is 41.5. The number of fused-ring (bicyclic) bond motifs is 1. The number of carbonyl (C=O) groups excluding carboxylic acids is 1. The second-order valence-corrected chi connectivity index (χ2v) is 8.62. The Morgan fingerprint density at radius 2 is 1.91 bits per heavy atom. The van der Waals surface area contributed by atoms with E-state index in [1.807, 2.05) is 0 Å². The van der Waals surface area contributed by atoms with Crippen molar-refractivity contribution in [2.45, 2.75) is 32.5 Å². The molecule has 0 radical (unpaired) electrons. The molecular formula is C24H23F3N4O4. The molecule has 0 unspecified atom stereocenters. The highest BCUT2D eigenvalue weighted by molar-refractivity contribution is 5.95. The zero-order valence-corrected chi connectivity index (χ0v) is 18.9. The number of carboxylic acid groups (broad SMARTS) is 1. The number of rotatable bonds is 5. The molecule has 0 spiro atoms. The molecule has 35 heavy (non-hydrogen) atoms. The number of aromatic nitrogens is 2. The largest absolute Gasteiger partial charge is 0.481 e. The summed E-state index contributed by atoms with van der Waals surface area (Å²) in [7, 11) is 0. The average molecular weight is 488 g/mol. The minimum atomic E-state index is -4.66. The first-order valence-electron chi connectivity index (χ1n) is 10.9. The van der Waals surface area contributed by atoms with Crippen LogP contribution in [0.2, 0.25) is 0 Å². The fraction of sp³-hybridized carbons (Fsp3) is 0.333. The molecule has 0 saturated carbocycles. The Balaban J connectivity index is 1.57. The minimum absolute atomic E-state index is 0.0376. The van der Waals surface area contributed by atoms with Crippen LogP contribution in [0.25, 0.3) is 10.9 Å². The number of hydrogen-bond acceptors (Lipinski definition) is 5. The standard InChI is InChI=1S/C24H23F3N4O4/c1-12(17-9-18-20(10-19(17)24(25,26)27)29-13(2)30-21(18)32)28-16-5-3-14(4-6-16)22(33)31-8-7-15(11-31)23(34)35/h3-6,9-10,12,15,28H,7-8,11H2,1-2H3,(H,34,35)(H,29,30,32)/t12-,15-/m0/s1. The fourth-order valence-electron chi connectivity index (χ4n) is 4.29. The Morgan fingerprint density at radius 1 is 1.23 bits per heavy atom. The molecule has 4 rings (SSSR count). The lowest BCUT2D eigenvalue weighted by atomic mass is 9.98. The fourth-order valence-corrected chi connectivity index (χ4v) is 4.29. The molecular weight excluding hydrogens is 465 g/mol. The third-order valence-corrected chi connectivity index (χ3v) is 6.11. The van der Waals surface area contributed by atoms with Gasteiger partial charge in [0, 0.05) is 30.4 Å². The van der Waals surface area contributed by atoms with Crippen molar-refractivity contribution in [1.82, 2.24) is 14.9 Å². The van der Waals surface area contributed by atoms with Gasteiger partial charge >= 0.3 is 12.1 Å². The number of aliphatic carboxylic acids is 1. The van der Waals surface area contributed by atoms with Crippen molar-refractivity contribution in [1.29, 1.82) is 0 Å².